The van der Waals surface area contributed by atoms with Crippen molar-refractivity contribution in [2.24, 2.45) is 0 Å². The molecule has 2 N–H and O–H groups in total. The molecule has 0 saturated carbocycles. The first-order valence-electron chi connectivity index (χ1n) is 8.27. The highest BCUT2D eigenvalue weighted by Crippen LogP contribution is 2.34. The number of nitrogens with zero attached hydrogens (tertiary/aromatic N) is 3. The monoisotopic (exact) mass is 286 g/mol. The van der Waals surface area contributed by atoms with Crippen LogP contribution in [0.1, 0.15) is 19.3 Å². The van der Waals surface area contributed by atoms with Crippen LogP contribution in [0.3, 0.4) is 0 Å². The Balaban J connectivity index is 1.36. The molecule has 4 heteroatoms. The Hall–Kier alpha value is -1.26. The minimum absolute atomic E-state index is 0.804. The molecule has 3 aliphatic heterocycles. The van der Waals surface area contributed by atoms with E-state index < -0.39 is 0 Å². The van der Waals surface area contributed by atoms with Crippen molar-refractivity contribution < 1.29 is 0 Å². The van der Waals surface area contributed by atoms with E-state index in [0.717, 1.165) is 23.8 Å². The third kappa shape index (κ3) is 2.40. The minimum atomic E-state index is 0.804. The quantitative estimate of drug-likeness (QED) is 0.838. The van der Waals surface area contributed by atoms with Crippen molar-refractivity contribution in [2.45, 2.75) is 37.4 Å². The maximum atomic E-state index is 5.78. The highest BCUT2D eigenvalue weighted by molar-refractivity contribution is 5.53. The van der Waals surface area contributed by atoms with E-state index in [1.54, 1.807) is 0 Å². The molecule has 0 aliphatic carbocycles. The first-order chi connectivity index (χ1) is 10.2. The van der Waals surface area contributed by atoms with E-state index in [1.165, 1.54) is 51.1 Å². The molecule has 4 rings (SSSR count). The Morgan fingerprint density at radius 2 is 1.67 bits per heavy atom. The van der Waals surface area contributed by atoms with Crippen LogP contribution in [0.25, 0.3) is 0 Å². The molecule has 0 amide bonds. The Morgan fingerprint density at radius 1 is 0.952 bits per heavy atom. The summed E-state index contributed by atoms with van der Waals surface area (Å²) in [4.78, 5) is 7.87. The lowest BCUT2D eigenvalue weighted by Crippen LogP contribution is -2.52. The molecule has 3 heterocycles. The molecule has 3 saturated heterocycles. The van der Waals surface area contributed by atoms with Crippen LogP contribution in [0.15, 0.2) is 24.3 Å². The molecule has 3 fully saturated rings. The average molecular weight is 286 g/mol. The Labute approximate surface area is 127 Å². The van der Waals surface area contributed by atoms with Crippen LogP contribution in [0.4, 0.5) is 11.4 Å². The predicted molar refractivity (Wildman–Crippen MR) is 87.6 cm³/mol. The Kier molecular flexibility index (Phi) is 3.31. The van der Waals surface area contributed by atoms with Gasteiger partial charge in [0, 0.05) is 55.7 Å². The molecule has 2 atom stereocenters. The molecular formula is C17H26N4. The zero-order valence-electron chi connectivity index (χ0n) is 12.9. The first kappa shape index (κ1) is 13.4. The van der Waals surface area contributed by atoms with Gasteiger partial charge in [0.05, 0.1) is 0 Å². The minimum Gasteiger partial charge on any atom is -0.399 e. The van der Waals surface area contributed by atoms with Gasteiger partial charge in [0.2, 0.25) is 0 Å². The van der Waals surface area contributed by atoms with Gasteiger partial charge in [0.15, 0.2) is 0 Å². The van der Waals surface area contributed by atoms with Crippen LogP contribution in [0, 0.1) is 0 Å². The standard InChI is InChI=1S/C17H26N4/c1-19-11-17-10-16(19)12-21(17)15-6-8-20(9-7-15)14-4-2-13(18)3-5-14/h2-5,15-17H,6-12,18H2,1H3. The topological polar surface area (TPSA) is 35.7 Å². The fourth-order valence-corrected chi connectivity index (χ4v) is 4.48. The summed E-state index contributed by atoms with van der Waals surface area (Å²) in [6, 6.07) is 10.8. The summed E-state index contributed by atoms with van der Waals surface area (Å²) in [6.45, 7) is 4.94. The smallest absolute Gasteiger partial charge is 0.0367 e. The van der Waals surface area contributed by atoms with Crippen molar-refractivity contribution >= 4 is 11.4 Å². The summed E-state index contributed by atoms with van der Waals surface area (Å²) < 4.78 is 0. The SMILES string of the molecule is CN1CC2CC1CN2C1CCN(c2ccc(N)cc2)CC1. The van der Waals surface area contributed by atoms with E-state index in [4.69, 9.17) is 5.73 Å². The van der Waals surface area contributed by atoms with E-state index in [1.807, 2.05) is 12.1 Å². The van der Waals surface area contributed by atoms with E-state index in [9.17, 15) is 0 Å². The van der Waals surface area contributed by atoms with Gasteiger partial charge < -0.3 is 15.5 Å². The summed E-state index contributed by atoms with van der Waals surface area (Å²) in [7, 11) is 2.28. The van der Waals surface area contributed by atoms with Gasteiger partial charge in [0.1, 0.15) is 0 Å². The molecule has 2 bridgehead atoms. The van der Waals surface area contributed by atoms with E-state index in [-0.39, 0.29) is 0 Å². The van der Waals surface area contributed by atoms with Crippen molar-refractivity contribution in [3.63, 3.8) is 0 Å². The van der Waals surface area contributed by atoms with Gasteiger partial charge in [0.25, 0.3) is 0 Å². The van der Waals surface area contributed by atoms with Crippen molar-refractivity contribution in [1.82, 2.24) is 9.80 Å². The second-order valence-corrected chi connectivity index (χ2v) is 6.99. The van der Waals surface area contributed by atoms with Gasteiger partial charge in [-0.1, -0.05) is 0 Å². The molecule has 1 aromatic rings. The van der Waals surface area contributed by atoms with Gasteiger partial charge >= 0.3 is 0 Å². The number of hydrogen-bond donors (Lipinski definition) is 1. The fourth-order valence-electron chi connectivity index (χ4n) is 4.48. The van der Waals surface area contributed by atoms with Crippen LogP contribution in [0.5, 0.6) is 0 Å². The number of likely N-dealkylation sites (tertiary alicyclic amines) is 2. The number of piperazine rings is 1. The Bertz CT molecular complexity index is 490. The van der Waals surface area contributed by atoms with Gasteiger partial charge in [-0.05, 0) is 50.6 Å². The van der Waals surface area contributed by atoms with Gasteiger partial charge in [-0.25, -0.2) is 0 Å². The van der Waals surface area contributed by atoms with Crippen LogP contribution in [-0.4, -0.2) is 61.2 Å². The Morgan fingerprint density at radius 3 is 2.24 bits per heavy atom. The first-order valence-corrected chi connectivity index (χ1v) is 8.27. The molecule has 1 aromatic carbocycles. The molecule has 3 aliphatic rings. The van der Waals surface area contributed by atoms with Crippen molar-refractivity contribution in [2.75, 3.05) is 43.9 Å². The number of hydrogen-bond acceptors (Lipinski definition) is 4. The maximum absolute atomic E-state index is 5.78. The van der Waals surface area contributed by atoms with E-state index in [0.29, 0.717) is 0 Å². The summed E-state index contributed by atoms with van der Waals surface area (Å²) in [5.41, 5.74) is 7.95. The van der Waals surface area contributed by atoms with Gasteiger partial charge in [-0.15, -0.1) is 0 Å². The molecule has 0 aromatic heterocycles. The number of benzene rings is 1. The second kappa shape index (κ2) is 5.18. The number of nitrogen functional groups attached to an aromatic ring is 1. The molecule has 0 spiro atoms. The van der Waals surface area contributed by atoms with Gasteiger partial charge in [-0.2, -0.15) is 0 Å². The zero-order chi connectivity index (χ0) is 14.4. The summed E-state index contributed by atoms with van der Waals surface area (Å²) in [5.74, 6) is 0. The summed E-state index contributed by atoms with van der Waals surface area (Å²) in [5, 5.41) is 0. The molecule has 2 unspecified atom stereocenters. The van der Waals surface area contributed by atoms with E-state index >= 15 is 0 Å². The lowest BCUT2D eigenvalue weighted by molar-refractivity contribution is 0.0930. The predicted octanol–water partition coefficient (Wildman–Crippen LogP) is 1.63. The van der Waals surface area contributed by atoms with E-state index in [2.05, 4.69) is 33.9 Å². The number of rotatable bonds is 2. The lowest BCUT2D eigenvalue weighted by atomic mass is 10.0. The largest absolute Gasteiger partial charge is 0.399 e. The second-order valence-electron chi connectivity index (χ2n) is 6.99. The van der Waals surface area contributed by atoms with Crippen LogP contribution >= 0.6 is 0 Å². The zero-order valence-corrected chi connectivity index (χ0v) is 12.9. The molecule has 114 valence electrons. The number of likely N-dealkylation sites (N-methyl/N-ethyl adjacent to an activating group) is 1. The average Bonchev–Trinajstić information content (AvgIpc) is 3.07. The molecular weight excluding hydrogens is 260 g/mol. The normalized spacial score (nSPS) is 31.2. The highest BCUT2D eigenvalue weighted by Gasteiger charge is 2.44. The van der Waals surface area contributed by atoms with Crippen LogP contribution < -0.4 is 10.6 Å². The summed E-state index contributed by atoms with van der Waals surface area (Å²) in [6.07, 6.45) is 4.00. The van der Waals surface area contributed by atoms with Crippen molar-refractivity contribution in [1.29, 1.82) is 0 Å². The fraction of sp³-hybridized carbons (Fsp3) is 0.647. The molecule has 4 nitrogen and oxygen atoms in total. The third-order valence-electron chi connectivity index (χ3n) is 5.75. The molecule has 0 radical (unpaired) electrons. The highest BCUT2D eigenvalue weighted by atomic mass is 15.4. The number of nitrogens with two attached hydrogens (primary N) is 1. The number of piperidine rings is 1. The number of fused-ring (bicyclic) bond motifs is 2. The third-order valence-corrected chi connectivity index (χ3v) is 5.75. The van der Waals surface area contributed by atoms with Crippen LogP contribution in [-0.2, 0) is 0 Å². The molecule has 21 heavy (non-hydrogen) atoms. The summed E-state index contributed by atoms with van der Waals surface area (Å²) >= 11 is 0. The van der Waals surface area contributed by atoms with Crippen molar-refractivity contribution in [3.05, 3.63) is 24.3 Å². The maximum Gasteiger partial charge on any atom is 0.0367 e. The lowest BCUT2D eigenvalue weighted by Gasteiger charge is -2.42. The van der Waals surface area contributed by atoms with Crippen LogP contribution in [0.2, 0.25) is 0 Å². The van der Waals surface area contributed by atoms with Gasteiger partial charge in [-0.3, -0.25) is 4.90 Å². The van der Waals surface area contributed by atoms with Crippen molar-refractivity contribution in [3.8, 4) is 0 Å². The number of anilines is 2.